The summed E-state index contributed by atoms with van der Waals surface area (Å²) in [6.07, 6.45) is 1.77. The van der Waals surface area contributed by atoms with Gasteiger partial charge < -0.3 is 15.2 Å². The van der Waals surface area contributed by atoms with Crippen LogP contribution in [0.3, 0.4) is 0 Å². The van der Waals surface area contributed by atoms with Crippen LogP contribution < -0.4 is 15.2 Å². The number of likely N-dealkylation sites (N-methyl/N-ethyl adjacent to an activating group) is 1. The number of halogens is 1. The lowest BCUT2D eigenvalue weighted by Crippen LogP contribution is -2.41. The van der Waals surface area contributed by atoms with Crippen LogP contribution in [0, 0.1) is 5.82 Å². The standard InChI is InChI=1S/C26H24FN3O3/c1-30-24(31)26(29-25(30)28,19-11-12-21-17(15-19)7-5-13-33-21)18-8-3-6-16(14-18)20-9-4-10-22(32-2)23(20)27/h3-4,6,8-12,14-15H,5,7,13H2,1-2H3,(H2,28,29). The van der Waals surface area contributed by atoms with Gasteiger partial charge in [-0.15, -0.1) is 0 Å². The summed E-state index contributed by atoms with van der Waals surface area (Å²) in [4.78, 5) is 19.7. The summed E-state index contributed by atoms with van der Waals surface area (Å²) in [6, 6.07) is 17.9. The van der Waals surface area contributed by atoms with Gasteiger partial charge in [-0.3, -0.25) is 9.69 Å². The number of carbonyl (C=O) groups is 1. The first-order valence-corrected chi connectivity index (χ1v) is 10.8. The molecule has 1 amide bonds. The molecule has 0 saturated heterocycles. The van der Waals surface area contributed by atoms with Crippen LogP contribution >= 0.6 is 0 Å². The van der Waals surface area contributed by atoms with E-state index in [1.807, 2.05) is 24.3 Å². The van der Waals surface area contributed by atoms with E-state index in [-0.39, 0.29) is 17.6 Å². The van der Waals surface area contributed by atoms with E-state index in [0.29, 0.717) is 28.9 Å². The minimum absolute atomic E-state index is 0.131. The van der Waals surface area contributed by atoms with Gasteiger partial charge in [0.25, 0.3) is 5.91 Å². The summed E-state index contributed by atoms with van der Waals surface area (Å²) in [5.41, 5.74) is 8.09. The van der Waals surface area contributed by atoms with Gasteiger partial charge in [0.05, 0.1) is 13.7 Å². The number of ether oxygens (including phenoxy) is 2. The number of guanidine groups is 1. The second-order valence-electron chi connectivity index (χ2n) is 8.22. The first-order chi connectivity index (χ1) is 16.0. The normalized spacial score (nSPS) is 19.7. The van der Waals surface area contributed by atoms with Crippen molar-refractivity contribution in [3.05, 3.63) is 83.2 Å². The third-order valence-corrected chi connectivity index (χ3v) is 6.34. The van der Waals surface area contributed by atoms with Crippen LogP contribution in [-0.2, 0) is 16.8 Å². The van der Waals surface area contributed by atoms with Gasteiger partial charge >= 0.3 is 0 Å². The molecule has 2 aliphatic heterocycles. The minimum atomic E-state index is -1.36. The smallest absolute Gasteiger partial charge is 0.266 e. The lowest BCUT2D eigenvalue weighted by molar-refractivity contribution is -0.129. The Hall–Kier alpha value is -3.87. The van der Waals surface area contributed by atoms with E-state index >= 15 is 4.39 Å². The summed E-state index contributed by atoms with van der Waals surface area (Å²) >= 11 is 0. The van der Waals surface area contributed by atoms with Crippen molar-refractivity contribution in [2.45, 2.75) is 18.4 Å². The number of carbonyl (C=O) groups excluding carboxylic acids is 1. The number of fused-ring (bicyclic) bond motifs is 1. The van der Waals surface area contributed by atoms with Gasteiger partial charge in [-0.05, 0) is 59.4 Å². The maximum absolute atomic E-state index is 15.0. The maximum Gasteiger partial charge on any atom is 0.266 e. The summed E-state index contributed by atoms with van der Waals surface area (Å²) in [5, 5.41) is 0. The Kier molecular flexibility index (Phi) is 5.04. The number of nitrogens with two attached hydrogens (primary N) is 1. The molecular formula is C26H24FN3O3. The number of nitrogens with zero attached hydrogens (tertiary/aromatic N) is 2. The molecule has 3 aromatic carbocycles. The molecule has 168 valence electrons. The zero-order chi connectivity index (χ0) is 23.2. The zero-order valence-corrected chi connectivity index (χ0v) is 18.5. The first-order valence-electron chi connectivity index (χ1n) is 10.8. The molecule has 0 fully saturated rings. The molecule has 0 aromatic heterocycles. The van der Waals surface area contributed by atoms with Gasteiger partial charge in [0.15, 0.2) is 23.1 Å². The molecule has 5 rings (SSSR count). The number of hydrogen-bond acceptors (Lipinski definition) is 5. The SMILES string of the molecule is COc1cccc(-c2cccc(C3(c4ccc5c(c4)CCCO5)N=C(N)N(C)C3=O)c2)c1F. The van der Waals surface area contributed by atoms with Gasteiger partial charge in [0, 0.05) is 12.6 Å². The fourth-order valence-electron chi connectivity index (χ4n) is 4.57. The van der Waals surface area contributed by atoms with E-state index < -0.39 is 11.4 Å². The molecule has 2 heterocycles. The van der Waals surface area contributed by atoms with Crippen molar-refractivity contribution >= 4 is 11.9 Å². The molecular weight excluding hydrogens is 421 g/mol. The van der Waals surface area contributed by atoms with Crippen LogP contribution in [0.15, 0.2) is 65.7 Å². The third kappa shape index (κ3) is 3.23. The predicted molar refractivity (Wildman–Crippen MR) is 124 cm³/mol. The Balaban J connectivity index is 1.71. The number of amides is 1. The van der Waals surface area contributed by atoms with Crippen LogP contribution in [0.1, 0.15) is 23.1 Å². The summed E-state index contributed by atoms with van der Waals surface area (Å²) in [7, 11) is 3.04. The van der Waals surface area contributed by atoms with E-state index in [2.05, 4.69) is 4.99 Å². The molecule has 0 saturated carbocycles. The van der Waals surface area contributed by atoms with Crippen LogP contribution in [0.4, 0.5) is 4.39 Å². The van der Waals surface area contributed by atoms with Gasteiger partial charge in [-0.25, -0.2) is 9.38 Å². The lowest BCUT2D eigenvalue weighted by Gasteiger charge is -2.28. The highest BCUT2D eigenvalue weighted by Crippen LogP contribution is 2.42. The Morgan fingerprint density at radius 3 is 2.67 bits per heavy atom. The van der Waals surface area contributed by atoms with Crippen LogP contribution in [0.25, 0.3) is 11.1 Å². The third-order valence-electron chi connectivity index (χ3n) is 6.34. The van der Waals surface area contributed by atoms with Crippen molar-refractivity contribution in [1.29, 1.82) is 0 Å². The Labute approximate surface area is 191 Å². The Morgan fingerprint density at radius 2 is 1.91 bits per heavy atom. The number of aliphatic imine (C=N–C) groups is 1. The molecule has 2 N–H and O–H groups in total. The first kappa shape index (κ1) is 21.0. The molecule has 3 aromatic rings. The van der Waals surface area contributed by atoms with E-state index in [9.17, 15) is 4.79 Å². The van der Waals surface area contributed by atoms with Crippen molar-refractivity contribution in [2.24, 2.45) is 10.7 Å². The van der Waals surface area contributed by atoms with Crippen molar-refractivity contribution in [1.82, 2.24) is 4.90 Å². The molecule has 0 aliphatic carbocycles. The maximum atomic E-state index is 15.0. The van der Waals surface area contributed by atoms with Gasteiger partial charge in [0.1, 0.15) is 5.75 Å². The number of benzene rings is 3. The van der Waals surface area contributed by atoms with E-state index in [0.717, 1.165) is 24.2 Å². The molecule has 2 aliphatic rings. The number of methoxy groups -OCH3 is 1. The lowest BCUT2D eigenvalue weighted by atomic mass is 9.80. The topological polar surface area (TPSA) is 77.2 Å². The summed E-state index contributed by atoms with van der Waals surface area (Å²) < 4.78 is 25.9. The van der Waals surface area contributed by atoms with Gasteiger partial charge in [-0.1, -0.05) is 36.4 Å². The molecule has 7 heteroatoms. The van der Waals surface area contributed by atoms with Crippen molar-refractivity contribution in [3.63, 3.8) is 0 Å². The molecule has 1 atom stereocenters. The van der Waals surface area contributed by atoms with Crippen molar-refractivity contribution < 1.29 is 18.7 Å². The largest absolute Gasteiger partial charge is 0.494 e. The fourth-order valence-corrected chi connectivity index (χ4v) is 4.57. The highest BCUT2D eigenvalue weighted by atomic mass is 19.1. The predicted octanol–water partition coefficient (Wildman–Crippen LogP) is 3.86. The minimum Gasteiger partial charge on any atom is -0.494 e. The average molecular weight is 445 g/mol. The molecule has 0 spiro atoms. The number of aryl methyl sites for hydroxylation is 1. The highest BCUT2D eigenvalue weighted by molar-refractivity contribution is 6.09. The monoisotopic (exact) mass is 445 g/mol. The van der Waals surface area contributed by atoms with Gasteiger partial charge in [0.2, 0.25) is 0 Å². The summed E-state index contributed by atoms with van der Waals surface area (Å²) in [6.45, 7) is 0.679. The van der Waals surface area contributed by atoms with E-state index in [1.165, 1.54) is 12.0 Å². The Bertz CT molecular complexity index is 1290. The summed E-state index contributed by atoms with van der Waals surface area (Å²) in [5.74, 6) is 0.381. The van der Waals surface area contributed by atoms with Crippen molar-refractivity contribution in [2.75, 3.05) is 20.8 Å². The number of hydrogen-bond donors (Lipinski definition) is 1. The second-order valence-corrected chi connectivity index (χ2v) is 8.22. The van der Waals surface area contributed by atoms with E-state index in [4.69, 9.17) is 15.2 Å². The molecule has 33 heavy (non-hydrogen) atoms. The van der Waals surface area contributed by atoms with Crippen LogP contribution in [0.2, 0.25) is 0 Å². The Morgan fingerprint density at radius 1 is 1.12 bits per heavy atom. The second kappa shape index (κ2) is 7.92. The highest BCUT2D eigenvalue weighted by Gasteiger charge is 2.49. The van der Waals surface area contributed by atoms with Gasteiger partial charge in [-0.2, -0.15) is 0 Å². The molecule has 0 radical (unpaired) electrons. The number of rotatable bonds is 4. The van der Waals surface area contributed by atoms with Crippen molar-refractivity contribution in [3.8, 4) is 22.6 Å². The molecule has 6 nitrogen and oxygen atoms in total. The zero-order valence-electron chi connectivity index (χ0n) is 18.5. The van der Waals surface area contributed by atoms with Crippen LogP contribution in [-0.4, -0.2) is 37.5 Å². The van der Waals surface area contributed by atoms with Crippen LogP contribution in [0.5, 0.6) is 11.5 Å². The average Bonchev–Trinajstić information content (AvgIpc) is 3.08. The fraction of sp³-hybridized carbons (Fsp3) is 0.231. The molecule has 0 bridgehead atoms. The molecule has 1 unspecified atom stereocenters. The van der Waals surface area contributed by atoms with E-state index in [1.54, 1.807) is 43.4 Å². The quantitative estimate of drug-likeness (QED) is 0.662.